The van der Waals surface area contributed by atoms with Gasteiger partial charge in [-0.1, -0.05) is 65.1 Å². The SMILES string of the molecule is O=C(NN=Cc1cccc(OC(=O)c2sc3ccccc3c2Cl)c1)c1ccc(Cl)c(Cl)c1. The van der Waals surface area contributed by atoms with Crippen LogP contribution in [0.15, 0.2) is 71.8 Å². The Balaban J connectivity index is 1.43. The fourth-order valence-corrected chi connectivity index (χ4v) is 4.51. The Morgan fingerprint density at radius 1 is 0.938 bits per heavy atom. The van der Waals surface area contributed by atoms with Crippen molar-refractivity contribution in [3.8, 4) is 5.75 Å². The molecular formula is C23H13Cl3N2O3S. The highest BCUT2D eigenvalue weighted by Gasteiger charge is 2.19. The average Bonchev–Trinajstić information content (AvgIpc) is 3.13. The van der Waals surface area contributed by atoms with Gasteiger partial charge in [0.1, 0.15) is 10.6 Å². The highest BCUT2D eigenvalue weighted by Crippen LogP contribution is 2.35. The average molecular weight is 504 g/mol. The Labute approximate surface area is 202 Å². The second-order valence-corrected chi connectivity index (χ2v) is 8.78. The maximum atomic E-state index is 12.6. The summed E-state index contributed by atoms with van der Waals surface area (Å²) in [5.74, 6) is -0.664. The minimum absolute atomic E-state index is 0.275. The molecule has 0 fully saturated rings. The summed E-state index contributed by atoms with van der Waals surface area (Å²) in [4.78, 5) is 25.1. The molecule has 160 valence electrons. The lowest BCUT2D eigenvalue weighted by Crippen LogP contribution is -2.17. The zero-order valence-electron chi connectivity index (χ0n) is 16.1. The first-order valence-corrected chi connectivity index (χ1v) is 11.1. The minimum atomic E-state index is -0.543. The molecule has 0 saturated carbocycles. The molecule has 9 heteroatoms. The zero-order valence-corrected chi connectivity index (χ0v) is 19.2. The number of benzene rings is 3. The van der Waals surface area contributed by atoms with Crippen LogP contribution in [0.25, 0.3) is 10.1 Å². The number of thiophene rings is 1. The largest absolute Gasteiger partial charge is 0.422 e. The topological polar surface area (TPSA) is 67.8 Å². The number of ether oxygens (including phenoxy) is 1. The van der Waals surface area contributed by atoms with Crippen molar-refractivity contribution in [2.24, 2.45) is 5.10 Å². The molecule has 1 aromatic heterocycles. The number of carbonyl (C=O) groups is 2. The number of esters is 1. The molecule has 0 aliphatic heterocycles. The van der Waals surface area contributed by atoms with Gasteiger partial charge in [-0.15, -0.1) is 11.3 Å². The van der Waals surface area contributed by atoms with Crippen LogP contribution in [0.4, 0.5) is 0 Å². The number of hydrazone groups is 1. The van der Waals surface area contributed by atoms with E-state index < -0.39 is 11.9 Å². The summed E-state index contributed by atoms with van der Waals surface area (Å²) in [6, 6.07) is 18.7. The fourth-order valence-electron chi connectivity index (χ4n) is 2.82. The van der Waals surface area contributed by atoms with Crippen LogP contribution in [-0.2, 0) is 0 Å². The molecule has 0 unspecified atom stereocenters. The predicted molar refractivity (Wildman–Crippen MR) is 130 cm³/mol. The second kappa shape index (κ2) is 9.71. The molecule has 0 aliphatic rings. The van der Waals surface area contributed by atoms with E-state index in [-0.39, 0.29) is 5.02 Å². The van der Waals surface area contributed by atoms with Gasteiger partial charge >= 0.3 is 5.97 Å². The van der Waals surface area contributed by atoms with Gasteiger partial charge in [0.15, 0.2) is 0 Å². The van der Waals surface area contributed by atoms with Gasteiger partial charge in [-0.25, -0.2) is 10.2 Å². The molecule has 4 rings (SSSR count). The molecule has 0 radical (unpaired) electrons. The van der Waals surface area contributed by atoms with Crippen LogP contribution < -0.4 is 10.2 Å². The van der Waals surface area contributed by atoms with Crippen molar-refractivity contribution < 1.29 is 14.3 Å². The van der Waals surface area contributed by atoms with Crippen molar-refractivity contribution in [2.75, 3.05) is 0 Å². The van der Waals surface area contributed by atoms with Gasteiger partial charge in [-0.3, -0.25) is 4.79 Å². The highest BCUT2D eigenvalue weighted by molar-refractivity contribution is 7.21. The molecule has 0 aliphatic carbocycles. The third kappa shape index (κ3) is 4.95. The van der Waals surface area contributed by atoms with Crippen LogP contribution in [0.2, 0.25) is 15.1 Å². The third-order valence-corrected chi connectivity index (χ3v) is 6.74. The molecule has 0 atom stereocenters. The lowest BCUT2D eigenvalue weighted by Gasteiger charge is -2.04. The molecule has 0 saturated heterocycles. The molecule has 1 N–H and O–H groups in total. The molecule has 1 heterocycles. The summed E-state index contributed by atoms with van der Waals surface area (Å²) >= 11 is 19.4. The van der Waals surface area contributed by atoms with E-state index in [1.54, 1.807) is 24.3 Å². The summed E-state index contributed by atoms with van der Waals surface area (Å²) in [7, 11) is 0. The molecule has 5 nitrogen and oxygen atoms in total. The first-order valence-electron chi connectivity index (χ1n) is 9.20. The van der Waals surface area contributed by atoms with E-state index in [2.05, 4.69) is 10.5 Å². The Morgan fingerprint density at radius 2 is 1.75 bits per heavy atom. The van der Waals surface area contributed by atoms with Crippen LogP contribution in [0.3, 0.4) is 0 Å². The molecule has 32 heavy (non-hydrogen) atoms. The standard InChI is InChI=1S/C23H13Cl3N2O3S/c24-17-9-8-14(11-18(17)25)22(29)28-27-12-13-4-3-5-15(10-13)31-23(30)21-20(26)16-6-1-2-7-19(16)32-21/h1-12H,(H,28,29). The second-order valence-electron chi connectivity index (χ2n) is 6.53. The summed E-state index contributed by atoms with van der Waals surface area (Å²) < 4.78 is 6.39. The quantitative estimate of drug-likeness (QED) is 0.140. The molecule has 0 bridgehead atoms. The number of nitrogens with one attached hydrogen (secondary N) is 1. The number of hydrogen-bond donors (Lipinski definition) is 1. The number of fused-ring (bicyclic) bond motifs is 1. The van der Waals surface area contributed by atoms with Crippen molar-refractivity contribution >= 4 is 74.3 Å². The summed E-state index contributed by atoms with van der Waals surface area (Å²) in [5.41, 5.74) is 3.34. The van der Waals surface area contributed by atoms with E-state index in [4.69, 9.17) is 39.5 Å². The van der Waals surface area contributed by atoms with Crippen molar-refractivity contribution in [1.29, 1.82) is 0 Å². The maximum absolute atomic E-state index is 12.6. The number of carbonyl (C=O) groups excluding carboxylic acids is 2. The number of rotatable bonds is 5. The van der Waals surface area contributed by atoms with E-state index in [1.807, 2.05) is 24.3 Å². The minimum Gasteiger partial charge on any atom is -0.422 e. The zero-order chi connectivity index (χ0) is 22.7. The first kappa shape index (κ1) is 22.3. The number of hydrogen-bond acceptors (Lipinski definition) is 5. The van der Waals surface area contributed by atoms with E-state index >= 15 is 0 Å². The molecular weight excluding hydrogens is 491 g/mol. The number of halogens is 3. The smallest absolute Gasteiger partial charge is 0.355 e. The fraction of sp³-hybridized carbons (Fsp3) is 0. The normalized spacial score (nSPS) is 11.1. The van der Waals surface area contributed by atoms with E-state index in [0.29, 0.717) is 31.8 Å². The summed E-state index contributed by atoms with van der Waals surface area (Å²) in [5, 5.41) is 5.75. The van der Waals surface area contributed by atoms with Crippen molar-refractivity contribution in [2.45, 2.75) is 0 Å². The van der Waals surface area contributed by atoms with Gasteiger partial charge < -0.3 is 4.74 Å². The van der Waals surface area contributed by atoms with Crippen LogP contribution in [0.1, 0.15) is 25.6 Å². The molecule has 0 spiro atoms. The highest BCUT2D eigenvalue weighted by atomic mass is 35.5. The van der Waals surface area contributed by atoms with E-state index in [1.165, 1.54) is 35.8 Å². The van der Waals surface area contributed by atoms with Gasteiger partial charge in [0.2, 0.25) is 0 Å². The van der Waals surface area contributed by atoms with Gasteiger partial charge in [-0.2, -0.15) is 5.10 Å². The summed E-state index contributed by atoms with van der Waals surface area (Å²) in [6.45, 7) is 0. The Kier molecular flexibility index (Phi) is 6.77. The monoisotopic (exact) mass is 502 g/mol. The molecule has 1 amide bonds. The van der Waals surface area contributed by atoms with E-state index in [0.717, 1.165) is 10.1 Å². The van der Waals surface area contributed by atoms with Crippen molar-refractivity contribution in [3.63, 3.8) is 0 Å². The third-order valence-electron chi connectivity index (χ3n) is 4.35. The Morgan fingerprint density at radius 3 is 2.53 bits per heavy atom. The van der Waals surface area contributed by atoms with Crippen LogP contribution in [-0.4, -0.2) is 18.1 Å². The van der Waals surface area contributed by atoms with Crippen molar-refractivity contribution in [1.82, 2.24) is 5.43 Å². The van der Waals surface area contributed by atoms with E-state index in [9.17, 15) is 9.59 Å². The van der Waals surface area contributed by atoms with Gasteiger partial charge in [0, 0.05) is 15.6 Å². The van der Waals surface area contributed by atoms with Crippen LogP contribution in [0, 0.1) is 0 Å². The lowest BCUT2D eigenvalue weighted by atomic mass is 10.2. The predicted octanol–water partition coefficient (Wildman–Crippen LogP) is 6.84. The molecule has 4 aromatic rings. The van der Waals surface area contributed by atoms with Crippen LogP contribution >= 0.6 is 46.1 Å². The molecule has 3 aromatic carbocycles. The van der Waals surface area contributed by atoms with Gasteiger partial charge in [-0.05, 0) is 42.0 Å². The number of nitrogens with zero attached hydrogens (tertiary/aromatic N) is 1. The Hall–Kier alpha value is -2.90. The maximum Gasteiger partial charge on any atom is 0.355 e. The first-order chi connectivity index (χ1) is 15.4. The number of amides is 1. The van der Waals surface area contributed by atoms with Gasteiger partial charge in [0.25, 0.3) is 5.91 Å². The summed E-state index contributed by atoms with van der Waals surface area (Å²) in [6.07, 6.45) is 1.43. The lowest BCUT2D eigenvalue weighted by molar-refractivity contribution is 0.0740. The van der Waals surface area contributed by atoms with Crippen molar-refractivity contribution in [3.05, 3.63) is 97.8 Å². The van der Waals surface area contributed by atoms with Crippen LogP contribution in [0.5, 0.6) is 5.75 Å². The van der Waals surface area contributed by atoms with Gasteiger partial charge in [0.05, 0.1) is 21.3 Å². The Bertz CT molecular complexity index is 1370.